The number of carbonyl (C=O) groups excluding carboxylic acids is 1. The fraction of sp³-hybridized carbons (Fsp3) is 0.833. The Balaban J connectivity index is 1.71. The first-order valence-electron chi connectivity index (χ1n) is 6.19. The van der Waals surface area contributed by atoms with Crippen molar-refractivity contribution in [1.29, 1.82) is 0 Å². The van der Waals surface area contributed by atoms with Gasteiger partial charge in [-0.2, -0.15) is 0 Å². The highest BCUT2D eigenvalue weighted by Gasteiger charge is 2.60. The molecule has 0 aromatic carbocycles. The number of ether oxygens (including phenoxy) is 1. The minimum atomic E-state index is -1.08. The standard InChI is InChI=1S/C12H17NO4/c14-9(12(1-2-12)10(15)16)13-5-3-11(7-13)4-6-17-8-11/h1-8H2,(H,15,16)/t11-/m0/s1. The van der Waals surface area contributed by atoms with Crippen LogP contribution in [-0.2, 0) is 14.3 Å². The molecular weight excluding hydrogens is 222 g/mol. The lowest BCUT2D eigenvalue weighted by Gasteiger charge is -2.24. The summed E-state index contributed by atoms with van der Waals surface area (Å²) in [6.07, 6.45) is 2.95. The Hall–Kier alpha value is -1.10. The van der Waals surface area contributed by atoms with E-state index in [4.69, 9.17) is 9.84 Å². The van der Waals surface area contributed by atoms with E-state index in [2.05, 4.69) is 0 Å². The third-order valence-corrected chi connectivity index (χ3v) is 4.48. The molecule has 1 spiro atoms. The number of amides is 1. The highest BCUT2D eigenvalue weighted by molar-refractivity contribution is 6.04. The third kappa shape index (κ3) is 1.56. The average molecular weight is 239 g/mol. The first kappa shape index (κ1) is 11.0. The molecule has 1 saturated carbocycles. The predicted octanol–water partition coefficient (Wildman–Crippen LogP) is 0.490. The zero-order valence-electron chi connectivity index (χ0n) is 9.78. The largest absolute Gasteiger partial charge is 0.480 e. The van der Waals surface area contributed by atoms with E-state index < -0.39 is 11.4 Å². The van der Waals surface area contributed by atoms with Crippen molar-refractivity contribution in [3.8, 4) is 0 Å². The Bertz CT molecular complexity index is 369. The van der Waals surface area contributed by atoms with E-state index in [1.54, 1.807) is 4.90 Å². The van der Waals surface area contributed by atoms with Crippen LogP contribution in [0.1, 0.15) is 25.7 Å². The maximum Gasteiger partial charge on any atom is 0.319 e. The second-order valence-electron chi connectivity index (χ2n) is 5.67. The van der Waals surface area contributed by atoms with Crippen molar-refractivity contribution < 1.29 is 19.4 Å². The number of aliphatic carboxylic acids is 1. The van der Waals surface area contributed by atoms with Gasteiger partial charge >= 0.3 is 5.97 Å². The Kier molecular flexibility index (Phi) is 2.23. The molecule has 3 fully saturated rings. The molecule has 0 aromatic rings. The monoisotopic (exact) mass is 239 g/mol. The summed E-state index contributed by atoms with van der Waals surface area (Å²) < 4.78 is 5.40. The van der Waals surface area contributed by atoms with Crippen molar-refractivity contribution in [2.45, 2.75) is 25.7 Å². The van der Waals surface area contributed by atoms with Crippen LogP contribution in [0.3, 0.4) is 0 Å². The predicted molar refractivity (Wildman–Crippen MR) is 58.4 cm³/mol. The summed E-state index contributed by atoms with van der Waals surface area (Å²) in [6, 6.07) is 0. The normalized spacial score (nSPS) is 34.2. The van der Waals surface area contributed by atoms with E-state index >= 15 is 0 Å². The summed E-state index contributed by atoms with van der Waals surface area (Å²) in [4.78, 5) is 25.1. The van der Waals surface area contributed by atoms with Crippen LogP contribution < -0.4 is 0 Å². The van der Waals surface area contributed by atoms with Gasteiger partial charge in [0.05, 0.1) is 6.61 Å². The number of nitrogens with zero attached hydrogens (tertiary/aromatic N) is 1. The first-order valence-corrected chi connectivity index (χ1v) is 6.19. The van der Waals surface area contributed by atoms with Gasteiger partial charge in [-0.1, -0.05) is 0 Å². The second-order valence-corrected chi connectivity index (χ2v) is 5.67. The lowest BCUT2D eigenvalue weighted by Crippen LogP contribution is -2.40. The maximum atomic E-state index is 12.2. The van der Waals surface area contributed by atoms with E-state index in [1.165, 1.54) is 0 Å². The quantitative estimate of drug-likeness (QED) is 0.712. The van der Waals surface area contributed by atoms with Crippen molar-refractivity contribution in [2.24, 2.45) is 10.8 Å². The van der Waals surface area contributed by atoms with E-state index in [-0.39, 0.29) is 11.3 Å². The molecule has 1 atom stereocenters. The van der Waals surface area contributed by atoms with Crippen LogP contribution in [0, 0.1) is 10.8 Å². The number of hydrogen-bond acceptors (Lipinski definition) is 3. The number of carbonyl (C=O) groups is 2. The molecule has 1 amide bonds. The fourth-order valence-electron chi connectivity index (χ4n) is 3.03. The molecule has 5 heteroatoms. The van der Waals surface area contributed by atoms with Crippen LogP contribution in [-0.4, -0.2) is 48.2 Å². The smallest absolute Gasteiger partial charge is 0.319 e. The lowest BCUT2D eigenvalue weighted by atomic mass is 9.87. The van der Waals surface area contributed by atoms with Gasteiger partial charge in [0.2, 0.25) is 5.91 Å². The average Bonchev–Trinajstić information content (AvgIpc) is 2.84. The van der Waals surface area contributed by atoms with Crippen LogP contribution in [0.4, 0.5) is 0 Å². The molecule has 1 aliphatic carbocycles. The molecule has 2 aliphatic heterocycles. The Morgan fingerprint density at radius 1 is 1.18 bits per heavy atom. The van der Waals surface area contributed by atoms with Gasteiger partial charge in [-0.05, 0) is 25.7 Å². The van der Waals surface area contributed by atoms with Crippen molar-refractivity contribution in [2.75, 3.05) is 26.3 Å². The fourth-order valence-corrected chi connectivity index (χ4v) is 3.03. The zero-order valence-corrected chi connectivity index (χ0v) is 9.78. The third-order valence-electron chi connectivity index (χ3n) is 4.48. The molecule has 3 rings (SSSR count). The van der Waals surface area contributed by atoms with E-state index in [0.717, 1.165) is 26.1 Å². The summed E-state index contributed by atoms with van der Waals surface area (Å²) in [7, 11) is 0. The van der Waals surface area contributed by atoms with Crippen molar-refractivity contribution >= 4 is 11.9 Å². The molecule has 0 bridgehead atoms. The summed E-state index contributed by atoms with van der Waals surface area (Å²) in [5, 5.41) is 9.12. The van der Waals surface area contributed by atoms with E-state index in [9.17, 15) is 9.59 Å². The van der Waals surface area contributed by atoms with Crippen LogP contribution >= 0.6 is 0 Å². The SMILES string of the molecule is O=C(O)C1(C(=O)N2CC[C@]3(CCOC3)C2)CC1. The van der Waals surface area contributed by atoms with Crippen LogP contribution in [0.15, 0.2) is 0 Å². The topological polar surface area (TPSA) is 66.8 Å². The number of rotatable bonds is 2. The molecule has 0 unspecified atom stereocenters. The van der Waals surface area contributed by atoms with Crippen molar-refractivity contribution in [3.05, 3.63) is 0 Å². The van der Waals surface area contributed by atoms with E-state index in [0.29, 0.717) is 25.9 Å². The molecule has 0 aromatic heterocycles. The maximum absolute atomic E-state index is 12.2. The van der Waals surface area contributed by atoms with Crippen LogP contribution in [0.25, 0.3) is 0 Å². The highest BCUT2D eigenvalue weighted by Crippen LogP contribution is 2.49. The van der Waals surface area contributed by atoms with Crippen molar-refractivity contribution in [1.82, 2.24) is 4.90 Å². The Morgan fingerprint density at radius 3 is 2.47 bits per heavy atom. The molecule has 17 heavy (non-hydrogen) atoms. The molecule has 2 saturated heterocycles. The van der Waals surface area contributed by atoms with Gasteiger partial charge in [0.15, 0.2) is 0 Å². The number of hydrogen-bond donors (Lipinski definition) is 1. The van der Waals surface area contributed by atoms with Gasteiger partial charge < -0.3 is 14.7 Å². The lowest BCUT2D eigenvalue weighted by molar-refractivity contribution is -0.153. The molecule has 3 aliphatic rings. The minimum Gasteiger partial charge on any atom is -0.480 e. The summed E-state index contributed by atoms with van der Waals surface area (Å²) in [5.41, 5.74) is -0.963. The van der Waals surface area contributed by atoms with Gasteiger partial charge in [0.1, 0.15) is 5.41 Å². The zero-order chi connectivity index (χ0) is 12.1. The number of carboxylic acid groups (broad SMARTS) is 1. The van der Waals surface area contributed by atoms with Gasteiger partial charge in [-0.25, -0.2) is 0 Å². The van der Waals surface area contributed by atoms with Gasteiger partial charge in [0, 0.05) is 25.1 Å². The van der Waals surface area contributed by atoms with Gasteiger partial charge in [0.25, 0.3) is 0 Å². The molecule has 5 nitrogen and oxygen atoms in total. The van der Waals surface area contributed by atoms with Crippen LogP contribution in [0.5, 0.6) is 0 Å². The Labute approximate surface area is 99.7 Å². The minimum absolute atomic E-state index is 0.115. The molecule has 2 heterocycles. The first-order chi connectivity index (χ1) is 8.08. The summed E-state index contributed by atoms with van der Waals surface area (Å²) in [6.45, 7) is 2.86. The number of likely N-dealkylation sites (tertiary alicyclic amines) is 1. The Morgan fingerprint density at radius 2 is 1.94 bits per heavy atom. The second kappa shape index (κ2) is 3.45. The van der Waals surface area contributed by atoms with Gasteiger partial charge in [-0.3, -0.25) is 9.59 Å². The molecule has 1 N–H and O–H groups in total. The van der Waals surface area contributed by atoms with Crippen LogP contribution in [0.2, 0.25) is 0 Å². The highest BCUT2D eigenvalue weighted by atomic mass is 16.5. The van der Waals surface area contributed by atoms with Gasteiger partial charge in [-0.15, -0.1) is 0 Å². The van der Waals surface area contributed by atoms with E-state index in [1.807, 2.05) is 0 Å². The summed E-state index contributed by atoms with van der Waals surface area (Å²) in [5.74, 6) is -1.13. The summed E-state index contributed by atoms with van der Waals surface area (Å²) >= 11 is 0. The molecular formula is C12H17NO4. The number of carboxylic acids is 1. The molecule has 94 valence electrons. The van der Waals surface area contributed by atoms with Crippen molar-refractivity contribution in [3.63, 3.8) is 0 Å². The molecule has 0 radical (unpaired) electrons.